The van der Waals surface area contributed by atoms with Crippen molar-refractivity contribution in [2.75, 3.05) is 18.9 Å². The number of aryl methyl sites for hydroxylation is 1. The molecule has 26 heavy (non-hydrogen) atoms. The molecule has 1 aromatic carbocycles. The third-order valence-electron chi connectivity index (χ3n) is 5.15. The average Bonchev–Trinajstić information content (AvgIpc) is 3.24. The van der Waals surface area contributed by atoms with Crippen LogP contribution in [0.2, 0.25) is 0 Å². The predicted octanol–water partition coefficient (Wildman–Crippen LogP) is 2.64. The quantitative estimate of drug-likeness (QED) is 0.777. The van der Waals surface area contributed by atoms with E-state index in [4.69, 9.17) is 4.42 Å². The van der Waals surface area contributed by atoms with Gasteiger partial charge in [0.05, 0.1) is 12.2 Å². The molecule has 0 bridgehead atoms. The fraction of sp³-hybridized carbons (Fsp3) is 0.389. The standard InChI is InChI=1S/C18H20FN5O2/c1-10-13(9-21-24(10)3)17-11(6-16(25)23(17)2)8-20-18-22-14-7-12(19)4-5-15(14)26-18/h4-5,7,9,11,17H,6,8H2,1-3H3,(H,20,22)/t11-,17+/m0/s1. The molecule has 0 unspecified atom stereocenters. The van der Waals surface area contributed by atoms with Gasteiger partial charge >= 0.3 is 0 Å². The van der Waals surface area contributed by atoms with E-state index in [2.05, 4.69) is 15.4 Å². The maximum atomic E-state index is 13.3. The molecule has 1 saturated heterocycles. The van der Waals surface area contributed by atoms with Crippen molar-refractivity contribution in [3.63, 3.8) is 0 Å². The van der Waals surface area contributed by atoms with Gasteiger partial charge in [0.1, 0.15) is 11.3 Å². The van der Waals surface area contributed by atoms with E-state index in [1.807, 2.05) is 31.9 Å². The van der Waals surface area contributed by atoms with E-state index in [1.165, 1.54) is 12.1 Å². The summed E-state index contributed by atoms with van der Waals surface area (Å²) in [5.74, 6) is -0.195. The fourth-order valence-electron chi connectivity index (χ4n) is 3.60. The molecular formula is C18H20FN5O2. The van der Waals surface area contributed by atoms with E-state index in [1.54, 1.807) is 11.0 Å². The number of nitrogens with zero attached hydrogens (tertiary/aromatic N) is 4. The number of carbonyl (C=O) groups excluding carboxylic acids is 1. The Morgan fingerprint density at radius 2 is 2.19 bits per heavy atom. The highest BCUT2D eigenvalue weighted by molar-refractivity contribution is 5.79. The molecule has 1 fully saturated rings. The molecule has 0 radical (unpaired) electrons. The molecule has 8 heteroatoms. The lowest BCUT2D eigenvalue weighted by Crippen LogP contribution is -2.27. The zero-order chi connectivity index (χ0) is 18.4. The first-order valence-electron chi connectivity index (χ1n) is 8.48. The van der Waals surface area contributed by atoms with Crippen LogP contribution in [0.3, 0.4) is 0 Å². The molecule has 2 aromatic heterocycles. The van der Waals surface area contributed by atoms with Crippen LogP contribution in [0.1, 0.15) is 23.7 Å². The number of nitrogens with one attached hydrogen (secondary N) is 1. The minimum absolute atomic E-state index is 0.0504. The molecule has 3 heterocycles. The Morgan fingerprint density at radius 1 is 1.38 bits per heavy atom. The van der Waals surface area contributed by atoms with Gasteiger partial charge in [-0.05, 0) is 19.1 Å². The summed E-state index contributed by atoms with van der Waals surface area (Å²) < 4.78 is 20.7. The van der Waals surface area contributed by atoms with Gasteiger partial charge in [-0.15, -0.1) is 0 Å². The lowest BCUT2D eigenvalue weighted by molar-refractivity contribution is -0.127. The number of halogens is 1. The number of hydrogen-bond acceptors (Lipinski definition) is 5. The zero-order valence-corrected chi connectivity index (χ0v) is 14.9. The lowest BCUT2D eigenvalue weighted by Gasteiger charge is -2.25. The van der Waals surface area contributed by atoms with Crippen molar-refractivity contribution in [2.45, 2.75) is 19.4 Å². The number of amides is 1. The Bertz CT molecular complexity index is 979. The van der Waals surface area contributed by atoms with Gasteiger partial charge in [0, 0.05) is 50.3 Å². The number of anilines is 1. The van der Waals surface area contributed by atoms with Crippen molar-refractivity contribution in [1.29, 1.82) is 0 Å². The van der Waals surface area contributed by atoms with Crippen molar-refractivity contribution in [3.05, 3.63) is 41.5 Å². The average molecular weight is 357 g/mol. The maximum Gasteiger partial charge on any atom is 0.295 e. The summed E-state index contributed by atoms with van der Waals surface area (Å²) in [6.45, 7) is 2.52. The van der Waals surface area contributed by atoms with Gasteiger partial charge in [0.15, 0.2) is 5.58 Å². The van der Waals surface area contributed by atoms with Gasteiger partial charge in [-0.1, -0.05) is 0 Å². The van der Waals surface area contributed by atoms with Crippen LogP contribution in [0.25, 0.3) is 11.1 Å². The molecule has 1 amide bonds. The van der Waals surface area contributed by atoms with Crippen molar-refractivity contribution in [2.24, 2.45) is 13.0 Å². The highest BCUT2D eigenvalue weighted by Gasteiger charge is 2.40. The van der Waals surface area contributed by atoms with Crippen molar-refractivity contribution in [1.82, 2.24) is 19.7 Å². The van der Waals surface area contributed by atoms with Crippen LogP contribution in [0.15, 0.2) is 28.8 Å². The monoisotopic (exact) mass is 357 g/mol. The van der Waals surface area contributed by atoms with Crippen LogP contribution in [0.5, 0.6) is 0 Å². The minimum atomic E-state index is -0.354. The molecule has 1 N–H and O–H groups in total. The molecule has 136 valence electrons. The van der Waals surface area contributed by atoms with Crippen LogP contribution in [0.4, 0.5) is 10.4 Å². The molecule has 0 spiro atoms. The van der Waals surface area contributed by atoms with Gasteiger partial charge in [0.2, 0.25) is 5.91 Å². The van der Waals surface area contributed by atoms with E-state index < -0.39 is 0 Å². The number of likely N-dealkylation sites (tertiary alicyclic amines) is 1. The molecule has 1 aliphatic rings. The molecular weight excluding hydrogens is 337 g/mol. The smallest absolute Gasteiger partial charge is 0.295 e. The topological polar surface area (TPSA) is 76.2 Å². The number of benzene rings is 1. The second-order valence-electron chi connectivity index (χ2n) is 6.73. The SMILES string of the molecule is Cc1c([C@H]2[C@H](CNc3nc4cc(F)ccc4o3)CC(=O)N2C)cnn1C. The van der Waals surface area contributed by atoms with Gasteiger partial charge in [-0.25, -0.2) is 4.39 Å². The Labute approximate surface area is 149 Å². The van der Waals surface area contributed by atoms with Gasteiger partial charge in [-0.2, -0.15) is 10.1 Å². The summed E-state index contributed by atoms with van der Waals surface area (Å²) in [7, 11) is 3.71. The summed E-state index contributed by atoms with van der Waals surface area (Å²) >= 11 is 0. The largest absolute Gasteiger partial charge is 0.424 e. The Morgan fingerprint density at radius 3 is 2.92 bits per heavy atom. The molecule has 7 nitrogen and oxygen atoms in total. The number of carbonyl (C=O) groups is 1. The molecule has 0 saturated carbocycles. The fourth-order valence-corrected chi connectivity index (χ4v) is 3.60. The van der Waals surface area contributed by atoms with Crippen LogP contribution >= 0.6 is 0 Å². The van der Waals surface area contributed by atoms with E-state index >= 15 is 0 Å². The van der Waals surface area contributed by atoms with Crippen LogP contribution < -0.4 is 5.32 Å². The van der Waals surface area contributed by atoms with E-state index in [0.29, 0.717) is 30.1 Å². The number of hydrogen-bond donors (Lipinski definition) is 1. The van der Waals surface area contributed by atoms with E-state index in [0.717, 1.165) is 11.3 Å². The summed E-state index contributed by atoms with van der Waals surface area (Å²) in [6.07, 6.45) is 2.27. The first-order chi connectivity index (χ1) is 12.4. The summed E-state index contributed by atoms with van der Waals surface area (Å²) in [5.41, 5.74) is 3.08. The third-order valence-corrected chi connectivity index (χ3v) is 5.15. The van der Waals surface area contributed by atoms with E-state index in [-0.39, 0.29) is 23.7 Å². The molecule has 1 aliphatic heterocycles. The van der Waals surface area contributed by atoms with Crippen molar-refractivity contribution < 1.29 is 13.6 Å². The highest BCUT2D eigenvalue weighted by Crippen LogP contribution is 2.38. The van der Waals surface area contributed by atoms with Crippen LogP contribution in [0, 0.1) is 18.7 Å². The number of oxazole rings is 1. The maximum absolute atomic E-state index is 13.3. The first kappa shape index (κ1) is 16.6. The Kier molecular flexibility index (Phi) is 3.90. The molecule has 4 rings (SSSR count). The normalized spacial score (nSPS) is 20.3. The lowest BCUT2D eigenvalue weighted by atomic mass is 9.94. The number of aromatic nitrogens is 3. The molecule has 2 atom stereocenters. The third kappa shape index (κ3) is 2.71. The van der Waals surface area contributed by atoms with Crippen molar-refractivity contribution in [3.8, 4) is 0 Å². The number of fused-ring (bicyclic) bond motifs is 1. The van der Waals surface area contributed by atoms with Crippen molar-refractivity contribution >= 4 is 23.0 Å². The summed E-state index contributed by atoms with van der Waals surface area (Å²) in [4.78, 5) is 18.3. The minimum Gasteiger partial charge on any atom is -0.424 e. The summed E-state index contributed by atoms with van der Waals surface area (Å²) in [6, 6.07) is 4.50. The highest BCUT2D eigenvalue weighted by atomic mass is 19.1. The molecule has 0 aliphatic carbocycles. The van der Waals surface area contributed by atoms with E-state index in [9.17, 15) is 9.18 Å². The Hall–Kier alpha value is -2.90. The Balaban J connectivity index is 1.55. The molecule has 3 aromatic rings. The second-order valence-corrected chi connectivity index (χ2v) is 6.73. The number of rotatable bonds is 4. The first-order valence-corrected chi connectivity index (χ1v) is 8.48. The predicted molar refractivity (Wildman–Crippen MR) is 94.0 cm³/mol. The van der Waals surface area contributed by atoms with Gasteiger partial charge in [0.25, 0.3) is 6.01 Å². The summed E-state index contributed by atoms with van der Waals surface area (Å²) in [5, 5.41) is 7.46. The van der Waals surface area contributed by atoms with Gasteiger partial charge < -0.3 is 14.6 Å². The zero-order valence-electron chi connectivity index (χ0n) is 14.9. The van der Waals surface area contributed by atoms with Crippen LogP contribution in [-0.4, -0.2) is 39.2 Å². The van der Waals surface area contributed by atoms with Crippen LogP contribution in [-0.2, 0) is 11.8 Å². The second kappa shape index (κ2) is 6.12. The van der Waals surface area contributed by atoms with Gasteiger partial charge in [-0.3, -0.25) is 9.48 Å².